The van der Waals surface area contributed by atoms with Crippen LogP contribution in [-0.4, -0.2) is 24.5 Å². The lowest BCUT2D eigenvalue weighted by Gasteiger charge is -2.13. The monoisotopic (exact) mass is 727 g/mol. The van der Waals surface area contributed by atoms with Crippen LogP contribution in [0.25, 0.3) is 106 Å². The van der Waals surface area contributed by atoms with Crippen molar-refractivity contribution in [3.05, 3.63) is 200 Å². The highest BCUT2D eigenvalue weighted by Gasteiger charge is 2.20. The molecule has 0 fully saturated rings. The number of pyridine rings is 1. The summed E-state index contributed by atoms with van der Waals surface area (Å²) >= 11 is 0. The van der Waals surface area contributed by atoms with Crippen LogP contribution in [0.15, 0.2) is 200 Å². The molecule has 57 heavy (non-hydrogen) atoms. The fourth-order valence-corrected chi connectivity index (χ4v) is 8.16. The van der Waals surface area contributed by atoms with E-state index in [-0.39, 0.29) is 0 Å². The van der Waals surface area contributed by atoms with Crippen LogP contribution in [0.4, 0.5) is 0 Å². The zero-order chi connectivity index (χ0) is 37.7. The van der Waals surface area contributed by atoms with Gasteiger partial charge in [0.1, 0.15) is 0 Å². The van der Waals surface area contributed by atoms with E-state index in [0.717, 1.165) is 72.1 Å². The normalized spacial score (nSPS) is 11.5. The Hall–Kier alpha value is -7.76. The van der Waals surface area contributed by atoms with Crippen molar-refractivity contribution in [1.29, 1.82) is 0 Å². The highest BCUT2D eigenvalue weighted by Crippen LogP contribution is 2.42. The first-order chi connectivity index (χ1) is 28.3. The standard InChI is InChI=1S/C52H33N5/c1-5-17-34(18-6-1)49-45-32-44-41-30-29-37(31-47(41)57(38-23-11-4-12-24-38)48(44)33-43(45)40-26-15-16-28-46(40)53-49)39-25-13-14-27-42(39)52-55-50(35-19-7-2-8-20-35)54-51(56-52)36-21-9-3-10-22-36/h1-33H. The maximum absolute atomic E-state index is 5.25. The molecule has 5 nitrogen and oxygen atoms in total. The van der Waals surface area contributed by atoms with Gasteiger partial charge in [-0.05, 0) is 52.9 Å². The molecular weight excluding hydrogens is 695 g/mol. The average Bonchev–Trinajstić information content (AvgIpc) is 3.61. The van der Waals surface area contributed by atoms with E-state index in [0.29, 0.717) is 17.5 Å². The Morgan fingerprint density at radius 3 is 1.53 bits per heavy atom. The summed E-state index contributed by atoms with van der Waals surface area (Å²) < 4.78 is 2.40. The van der Waals surface area contributed by atoms with Crippen LogP contribution in [-0.2, 0) is 0 Å². The van der Waals surface area contributed by atoms with Crippen molar-refractivity contribution >= 4 is 43.5 Å². The fraction of sp³-hybridized carbons (Fsp3) is 0. The minimum atomic E-state index is 0.626. The zero-order valence-electron chi connectivity index (χ0n) is 30.8. The van der Waals surface area contributed by atoms with Gasteiger partial charge in [-0.2, -0.15) is 0 Å². The van der Waals surface area contributed by atoms with E-state index < -0.39 is 0 Å². The van der Waals surface area contributed by atoms with E-state index >= 15 is 0 Å². The Kier molecular flexibility index (Phi) is 7.74. The van der Waals surface area contributed by atoms with E-state index in [1.165, 1.54) is 16.2 Å². The predicted molar refractivity (Wildman–Crippen MR) is 234 cm³/mol. The molecule has 0 aliphatic heterocycles. The molecule has 8 aromatic carbocycles. The summed E-state index contributed by atoms with van der Waals surface area (Å²) in [6, 6.07) is 69.8. The van der Waals surface area contributed by atoms with Crippen molar-refractivity contribution in [3.63, 3.8) is 0 Å². The molecule has 266 valence electrons. The lowest BCUT2D eigenvalue weighted by Crippen LogP contribution is -2.01. The van der Waals surface area contributed by atoms with Crippen molar-refractivity contribution in [1.82, 2.24) is 24.5 Å². The molecule has 3 heterocycles. The molecule has 0 radical (unpaired) electrons. The largest absolute Gasteiger partial charge is 0.309 e. The average molecular weight is 728 g/mol. The summed E-state index contributed by atoms with van der Waals surface area (Å²) in [6.45, 7) is 0. The minimum Gasteiger partial charge on any atom is -0.309 e. The minimum absolute atomic E-state index is 0.626. The van der Waals surface area contributed by atoms with Gasteiger partial charge in [-0.15, -0.1) is 0 Å². The fourth-order valence-electron chi connectivity index (χ4n) is 8.16. The summed E-state index contributed by atoms with van der Waals surface area (Å²) in [5, 5.41) is 5.79. The quantitative estimate of drug-likeness (QED) is 0.160. The van der Waals surface area contributed by atoms with E-state index in [9.17, 15) is 0 Å². The number of aromatic nitrogens is 5. The predicted octanol–water partition coefficient (Wildman–Crippen LogP) is 13.0. The number of nitrogens with zero attached hydrogens (tertiary/aromatic N) is 5. The van der Waals surface area contributed by atoms with Gasteiger partial charge in [0.15, 0.2) is 17.5 Å². The Balaban J connectivity index is 1.17. The first kappa shape index (κ1) is 32.7. The van der Waals surface area contributed by atoms with Gasteiger partial charge >= 0.3 is 0 Å². The smallest absolute Gasteiger partial charge is 0.164 e. The van der Waals surface area contributed by atoms with Gasteiger partial charge in [-0.3, -0.25) is 0 Å². The molecule has 0 saturated heterocycles. The molecule has 11 rings (SSSR count). The van der Waals surface area contributed by atoms with Crippen LogP contribution in [0, 0.1) is 0 Å². The number of rotatable bonds is 6. The van der Waals surface area contributed by atoms with Crippen LogP contribution in [0.5, 0.6) is 0 Å². The van der Waals surface area contributed by atoms with E-state index in [2.05, 4.69) is 144 Å². The first-order valence-corrected chi connectivity index (χ1v) is 19.1. The highest BCUT2D eigenvalue weighted by atomic mass is 15.0. The topological polar surface area (TPSA) is 56.5 Å². The summed E-state index contributed by atoms with van der Waals surface area (Å²) in [7, 11) is 0. The number of para-hydroxylation sites is 2. The molecule has 0 unspecified atom stereocenters. The van der Waals surface area contributed by atoms with E-state index in [4.69, 9.17) is 19.9 Å². The Morgan fingerprint density at radius 2 is 0.842 bits per heavy atom. The summed E-state index contributed by atoms with van der Waals surface area (Å²) in [4.78, 5) is 20.4. The van der Waals surface area contributed by atoms with Gasteiger partial charge in [0.25, 0.3) is 0 Å². The maximum atomic E-state index is 5.25. The number of fused-ring (bicyclic) bond motifs is 6. The summed E-state index contributed by atoms with van der Waals surface area (Å²) in [5.41, 5.74) is 11.3. The van der Waals surface area contributed by atoms with Crippen molar-refractivity contribution in [3.8, 4) is 62.2 Å². The Labute approximate surface area is 329 Å². The number of benzene rings is 8. The van der Waals surface area contributed by atoms with Gasteiger partial charge < -0.3 is 4.57 Å². The highest BCUT2D eigenvalue weighted by molar-refractivity contribution is 6.20. The first-order valence-electron chi connectivity index (χ1n) is 19.1. The zero-order valence-corrected chi connectivity index (χ0v) is 30.8. The molecule has 0 N–H and O–H groups in total. The van der Waals surface area contributed by atoms with Gasteiger partial charge in [-0.1, -0.05) is 164 Å². The van der Waals surface area contributed by atoms with Crippen molar-refractivity contribution in [2.24, 2.45) is 0 Å². The summed E-state index contributed by atoms with van der Waals surface area (Å²) in [6.07, 6.45) is 0. The number of hydrogen-bond acceptors (Lipinski definition) is 4. The van der Waals surface area contributed by atoms with Crippen LogP contribution in [0.1, 0.15) is 0 Å². The molecule has 11 aromatic rings. The Bertz CT molecular complexity index is 3210. The lowest BCUT2D eigenvalue weighted by molar-refractivity contribution is 1.07. The van der Waals surface area contributed by atoms with Gasteiger partial charge in [0.05, 0.1) is 22.2 Å². The SMILES string of the molecule is c1ccc(-c2nc(-c3ccccc3)nc(-c3ccccc3-c3ccc4c5cc6c(-c7ccccc7)nc7ccccc7c6cc5n(-c5ccccc5)c4c3)n2)cc1. The molecule has 0 bridgehead atoms. The third-order valence-electron chi connectivity index (χ3n) is 10.8. The molecule has 0 saturated carbocycles. The third-order valence-corrected chi connectivity index (χ3v) is 10.8. The van der Waals surface area contributed by atoms with Crippen LogP contribution >= 0.6 is 0 Å². The second kappa shape index (κ2) is 13.5. The maximum Gasteiger partial charge on any atom is 0.164 e. The van der Waals surface area contributed by atoms with Gasteiger partial charge in [0, 0.05) is 49.5 Å². The van der Waals surface area contributed by atoms with Gasteiger partial charge in [-0.25, -0.2) is 19.9 Å². The van der Waals surface area contributed by atoms with Crippen molar-refractivity contribution in [2.75, 3.05) is 0 Å². The molecular formula is C52H33N5. The van der Waals surface area contributed by atoms with Gasteiger partial charge in [0.2, 0.25) is 0 Å². The van der Waals surface area contributed by atoms with Crippen molar-refractivity contribution in [2.45, 2.75) is 0 Å². The third kappa shape index (κ3) is 5.64. The Morgan fingerprint density at radius 1 is 0.298 bits per heavy atom. The van der Waals surface area contributed by atoms with Crippen LogP contribution in [0.2, 0.25) is 0 Å². The van der Waals surface area contributed by atoms with Crippen LogP contribution in [0.3, 0.4) is 0 Å². The summed E-state index contributed by atoms with van der Waals surface area (Å²) in [5.74, 6) is 1.90. The van der Waals surface area contributed by atoms with Crippen molar-refractivity contribution < 1.29 is 0 Å². The second-order valence-electron chi connectivity index (χ2n) is 14.2. The lowest BCUT2D eigenvalue weighted by atomic mass is 9.96. The molecule has 3 aromatic heterocycles. The second-order valence-corrected chi connectivity index (χ2v) is 14.2. The number of hydrogen-bond donors (Lipinski definition) is 0. The van der Waals surface area contributed by atoms with E-state index in [1.54, 1.807) is 0 Å². The van der Waals surface area contributed by atoms with E-state index in [1.807, 2.05) is 60.7 Å². The molecule has 0 spiro atoms. The molecule has 0 aliphatic rings. The van der Waals surface area contributed by atoms with Crippen LogP contribution < -0.4 is 0 Å². The molecule has 0 aliphatic carbocycles. The molecule has 5 heteroatoms. The molecule has 0 amide bonds. The molecule has 0 atom stereocenters.